The predicted octanol–water partition coefficient (Wildman–Crippen LogP) is 2.45. The molecule has 0 bridgehead atoms. The highest BCUT2D eigenvalue weighted by atomic mass is 16.5. The van der Waals surface area contributed by atoms with Crippen LogP contribution in [0.2, 0.25) is 0 Å². The molecule has 7 nitrogen and oxygen atoms in total. The van der Waals surface area contributed by atoms with Crippen molar-refractivity contribution in [2.75, 3.05) is 13.1 Å². The summed E-state index contributed by atoms with van der Waals surface area (Å²) in [4.78, 5) is 23.8. The second kappa shape index (κ2) is 9.75. The van der Waals surface area contributed by atoms with Crippen molar-refractivity contribution in [2.45, 2.75) is 31.3 Å². The summed E-state index contributed by atoms with van der Waals surface area (Å²) in [7, 11) is 0. The molecule has 1 aliphatic rings. The molecule has 148 valence electrons. The van der Waals surface area contributed by atoms with Crippen molar-refractivity contribution < 1.29 is 14.3 Å². The normalized spacial score (nSPS) is 16.9. The van der Waals surface area contributed by atoms with Crippen molar-refractivity contribution in [3.63, 3.8) is 0 Å². The van der Waals surface area contributed by atoms with Gasteiger partial charge in [-0.3, -0.25) is 4.79 Å². The number of rotatable bonds is 8. The smallest absolute Gasteiger partial charge is 0.312 e. The van der Waals surface area contributed by atoms with Gasteiger partial charge in [-0.25, -0.2) is 4.79 Å². The number of nitrogens with one attached hydrogen (secondary N) is 3. The molecule has 0 aromatic heterocycles. The van der Waals surface area contributed by atoms with Gasteiger partial charge in [0.05, 0.1) is 12.5 Å². The van der Waals surface area contributed by atoms with Gasteiger partial charge in [0, 0.05) is 12.6 Å². The zero-order valence-corrected chi connectivity index (χ0v) is 15.7. The number of urea groups is 1. The Morgan fingerprint density at radius 3 is 2.64 bits per heavy atom. The Morgan fingerprint density at radius 2 is 1.93 bits per heavy atom. The minimum Gasteiger partial charge on any atom is -0.457 e. The third-order valence-corrected chi connectivity index (χ3v) is 4.65. The summed E-state index contributed by atoms with van der Waals surface area (Å²) in [6.07, 6.45) is 2.28. The fourth-order valence-corrected chi connectivity index (χ4v) is 3.27. The summed E-state index contributed by atoms with van der Waals surface area (Å²) >= 11 is 0. The van der Waals surface area contributed by atoms with E-state index in [1.807, 2.05) is 48.5 Å². The predicted molar refractivity (Wildman–Crippen MR) is 107 cm³/mol. The van der Waals surface area contributed by atoms with E-state index in [4.69, 9.17) is 10.5 Å². The highest BCUT2D eigenvalue weighted by Gasteiger charge is 2.20. The molecule has 0 spiro atoms. The number of benzene rings is 2. The highest BCUT2D eigenvalue weighted by Crippen LogP contribution is 2.26. The lowest BCUT2D eigenvalue weighted by Gasteiger charge is -2.19. The number of hydrogen-bond acceptors (Lipinski definition) is 4. The third-order valence-electron chi connectivity index (χ3n) is 4.65. The largest absolute Gasteiger partial charge is 0.457 e. The van der Waals surface area contributed by atoms with Crippen molar-refractivity contribution in [3.05, 3.63) is 60.2 Å². The number of amides is 3. The van der Waals surface area contributed by atoms with E-state index in [9.17, 15) is 9.59 Å². The zero-order chi connectivity index (χ0) is 19.8. The maximum atomic E-state index is 12.4. The lowest BCUT2D eigenvalue weighted by Crippen LogP contribution is -2.40. The van der Waals surface area contributed by atoms with Gasteiger partial charge >= 0.3 is 6.03 Å². The molecule has 0 aliphatic carbocycles. The summed E-state index contributed by atoms with van der Waals surface area (Å²) in [6, 6.07) is 15.8. The first-order valence-electron chi connectivity index (χ1n) is 9.49. The van der Waals surface area contributed by atoms with E-state index in [2.05, 4.69) is 16.0 Å². The topological polar surface area (TPSA) is 105 Å². The van der Waals surface area contributed by atoms with Crippen LogP contribution >= 0.6 is 0 Å². The molecule has 7 heteroatoms. The van der Waals surface area contributed by atoms with Crippen molar-refractivity contribution >= 4 is 11.9 Å². The number of carbonyl (C=O) groups is 2. The molecule has 0 saturated carbocycles. The summed E-state index contributed by atoms with van der Waals surface area (Å²) < 4.78 is 5.84. The van der Waals surface area contributed by atoms with Crippen LogP contribution in [0.25, 0.3) is 0 Å². The second-order valence-electron chi connectivity index (χ2n) is 6.85. The fourth-order valence-electron chi connectivity index (χ4n) is 3.27. The van der Waals surface area contributed by atoms with Gasteiger partial charge in [-0.05, 0) is 49.2 Å². The maximum absolute atomic E-state index is 12.4. The first kappa shape index (κ1) is 19.7. The molecule has 2 unspecified atom stereocenters. The maximum Gasteiger partial charge on any atom is 0.312 e. The average Bonchev–Trinajstić information content (AvgIpc) is 3.20. The number of ether oxygens (including phenoxy) is 1. The molecule has 2 aromatic carbocycles. The molecule has 1 fully saturated rings. The summed E-state index contributed by atoms with van der Waals surface area (Å²) in [6.45, 7) is 1.57. The van der Waals surface area contributed by atoms with Crippen LogP contribution in [0.15, 0.2) is 54.6 Å². The molecule has 28 heavy (non-hydrogen) atoms. The van der Waals surface area contributed by atoms with Crippen LogP contribution in [-0.4, -0.2) is 31.1 Å². The number of hydrogen-bond donors (Lipinski definition) is 4. The van der Waals surface area contributed by atoms with Crippen molar-refractivity contribution in [2.24, 2.45) is 5.73 Å². The molecule has 1 saturated heterocycles. The molecule has 2 aromatic rings. The molecular weight excluding hydrogens is 356 g/mol. The van der Waals surface area contributed by atoms with Crippen LogP contribution < -0.4 is 26.4 Å². The van der Waals surface area contributed by atoms with E-state index in [1.165, 1.54) is 0 Å². The lowest BCUT2D eigenvalue weighted by molar-refractivity contribution is -0.121. The fraction of sp³-hybridized carbons (Fsp3) is 0.333. The van der Waals surface area contributed by atoms with Crippen LogP contribution in [-0.2, 0) is 4.79 Å². The SMILES string of the molecule is NC(=O)NC(CC(=O)NCC1CCCN1)c1cccc(Oc2ccccc2)c1. The van der Waals surface area contributed by atoms with E-state index >= 15 is 0 Å². The van der Waals surface area contributed by atoms with Gasteiger partial charge in [0.25, 0.3) is 0 Å². The van der Waals surface area contributed by atoms with Crippen molar-refractivity contribution in [1.29, 1.82) is 0 Å². The highest BCUT2D eigenvalue weighted by molar-refractivity contribution is 5.78. The van der Waals surface area contributed by atoms with Crippen LogP contribution in [0.3, 0.4) is 0 Å². The number of carbonyl (C=O) groups excluding carboxylic acids is 2. The Hall–Kier alpha value is -3.06. The van der Waals surface area contributed by atoms with Crippen molar-refractivity contribution in [1.82, 2.24) is 16.0 Å². The Labute approximate surface area is 164 Å². The van der Waals surface area contributed by atoms with Crippen molar-refractivity contribution in [3.8, 4) is 11.5 Å². The van der Waals surface area contributed by atoms with Crippen LogP contribution in [0.5, 0.6) is 11.5 Å². The molecule has 3 amide bonds. The summed E-state index contributed by atoms with van der Waals surface area (Å²) in [5.41, 5.74) is 6.07. The second-order valence-corrected chi connectivity index (χ2v) is 6.85. The molecule has 1 aliphatic heterocycles. The monoisotopic (exact) mass is 382 g/mol. The molecule has 5 N–H and O–H groups in total. The third kappa shape index (κ3) is 5.99. The van der Waals surface area contributed by atoms with E-state index in [-0.39, 0.29) is 12.3 Å². The Kier molecular flexibility index (Phi) is 6.86. The number of primary amides is 1. The summed E-state index contributed by atoms with van der Waals surface area (Å²) in [5.74, 6) is 1.19. The quantitative estimate of drug-likeness (QED) is 0.563. The Morgan fingerprint density at radius 1 is 1.14 bits per heavy atom. The first-order valence-corrected chi connectivity index (χ1v) is 9.49. The van der Waals surface area contributed by atoms with Gasteiger partial charge in [-0.2, -0.15) is 0 Å². The molecular formula is C21H26N4O3. The molecule has 2 atom stereocenters. The van der Waals surface area contributed by atoms with Gasteiger partial charge in [0.15, 0.2) is 0 Å². The summed E-state index contributed by atoms with van der Waals surface area (Å²) in [5, 5.41) is 8.92. The first-order chi connectivity index (χ1) is 13.6. The minimum atomic E-state index is -0.676. The lowest BCUT2D eigenvalue weighted by atomic mass is 10.0. The van der Waals surface area contributed by atoms with Gasteiger partial charge < -0.3 is 26.4 Å². The van der Waals surface area contributed by atoms with E-state index < -0.39 is 12.1 Å². The van der Waals surface area contributed by atoms with Crippen LogP contribution in [0.1, 0.15) is 30.9 Å². The van der Waals surface area contributed by atoms with Gasteiger partial charge in [-0.15, -0.1) is 0 Å². The van der Waals surface area contributed by atoms with Gasteiger partial charge in [0.2, 0.25) is 5.91 Å². The van der Waals surface area contributed by atoms with Crippen LogP contribution in [0.4, 0.5) is 4.79 Å². The number of nitrogens with two attached hydrogens (primary N) is 1. The molecule has 3 rings (SSSR count). The Balaban J connectivity index is 1.65. The Bertz CT molecular complexity index is 791. The molecule has 0 radical (unpaired) electrons. The zero-order valence-electron chi connectivity index (χ0n) is 15.7. The van der Waals surface area contributed by atoms with Gasteiger partial charge in [0.1, 0.15) is 11.5 Å². The van der Waals surface area contributed by atoms with Crippen LogP contribution in [0, 0.1) is 0 Å². The van der Waals surface area contributed by atoms with Gasteiger partial charge in [-0.1, -0.05) is 30.3 Å². The van der Waals surface area contributed by atoms with E-state index in [1.54, 1.807) is 6.07 Å². The van der Waals surface area contributed by atoms with E-state index in [0.29, 0.717) is 24.1 Å². The standard InChI is InChI=1S/C21H26N4O3/c22-21(27)25-19(13-20(26)24-14-16-7-5-11-23-16)15-6-4-10-18(12-15)28-17-8-2-1-3-9-17/h1-4,6,8-10,12,16,19,23H,5,7,11,13-14H2,(H,24,26)(H3,22,25,27). The average molecular weight is 382 g/mol. The van der Waals surface area contributed by atoms with E-state index in [0.717, 1.165) is 24.9 Å². The molecule has 1 heterocycles. The number of para-hydroxylation sites is 1. The minimum absolute atomic E-state index is 0.102.